The van der Waals surface area contributed by atoms with Crippen molar-refractivity contribution >= 4 is 0 Å². The first-order valence-corrected chi connectivity index (χ1v) is 6.81. The summed E-state index contributed by atoms with van der Waals surface area (Å²) in [4.78, 5) is 0. The highest BCUT2D eigenvalue weighted by Crippen LogP contribution is 2.26. The zero-order valence-corrected chi connectivity index (χ0v) is 10.8. The molecule has 0 radical (unpaired) electrons. The number of rotatable bonds is 3. The second-order valence-corrected chi connectivity index (χ2v) is 5.10. The maximum Gasteiger partial charge on any atom is 0.119 e. The molecule has 19 heavy (non-hydrogen) atoms. The Bertz CT molecular complexity index is 519. The first-order valence-electron chi connectivity index (χ1n) is 6.81. The predicted molar refractivity (Wildman–Crippen MR) is 76.2 cm³/mol. The molecule has 3 rings (SSSR count). The van der Waals surface area contributed by atoms with Gasteiger partial charge in [-0.3, -0.25) is 0 Å². The van der Waals surface area contributed by atoms with E-state index in [1.165, 1.54) is 11.1 Å². The lowest BCUT2D eigenvalue weighted by atomic mass is 10.1. The summed E-state index contributed by atoms with van der Waals surface area (Å²) in [5, 5.41) is 9.49. The van der Waals surface area contributed by atoms with Gasteiger partial charge in [0.2, 0.25) is 0 Å². The minimum absolute atomic E-state index is 0.164. The van der Waals surface area contributed by atoms with Crippen LogP contribution in [0, 0.1) is 0 Å². The minimum atomic E-state index is -0.186. The quantitative estimate of drug-likeness (QED) is 0.906. The fourth-order valence-electron chi connectivity index (χ4n) is 2.57. The fraction of sp³-hybridized carbons (Fsp3) is 0.294. The van der Waals surface area contributed by atoms with Crippen LogP contribution in [0.2, 0.25) is 0 Å². The molecule has 1 fully saturated rings. The van der Waals surface area contributed by atoms with Gasteiger partial charge in [0.15, 0.2) is 0 Å². The molecule has 0 heterocycles. The molecule has 1 aliphatic rings. The summed E-state index contributed by atoms with van der Waals surface area (Å²) in [7, 11) is 0. The molecule has 0 aromatic heterocycles. The largest absolute Gasteiger partial charge is 0.490 e. The van der Waals surface area contributed by atoms with E-state index in [-0.39, 0.29) is 12.2 Å². The van der Waals surface area contributed by atoms with Crippen LogP contribution in [0.15, 0.2) is 54.6 Å². The van der Waals surface area contributed by atoms with Gasteiger partial charge in [-0.2, -0.15) is 0 Å². The lowest BCUT2D eigenvalue weighted by Crippen LogP contribution is -2.13. The molecule has 0 saturated heterocycles. The van der Waals surface area contributed by atoms with E-state index in [1.807, 2.05) is 30.3 Å². The van der Waals surface area contributed by atoms with Crippen molar-refractivity contribution in [3.8, 4) is 16.9 Å². The molecule has 0 spiro atoms. The average Bonchev–Trinajstić information content (AvgIpc) is 2.86. The van der Waals surface area contributed by atoms with Crippen molar-refractivity contribution in [2.45, 2.75) is 31.5 Å². The van der Waals surface area contributed by atoms with Crippen molar-refractivity contribution in [2.75, 3.05) is 0 Å². The number of aliphatic hydroxyl groups is 1. The van der Waals surface area contributed by atoms with Crippen molar-refractivity contribution < 1.29 is 9.84 Å². The summed E-state index contributed by atoms with van der Waals surface area (Å²) in [5.74, 6) is 0.888. The topological polar surface area (TPSA) is 29.5 Å². The Morgan fingerprint density at radius 2 is 1.53 bits per heavy atom. The molecule has 2 atom stereocenters. The van der Waals surface area contributed by atoms with E-state index in [0.717, 1.165) is 25.0 Å². The minimum Gasteiger partial charge on any atom is -0.490 e. The monoisotopic (exact) mass is 254 g/mol. The summed E-state index contributed by atoms with van der Waals surface area (Å²) >= 11 is 0. The Labute approximate surface area is 113 Å². The summed E-state index contributed by atoms with van der Waals surface area (Å²) in [6.07, 6.45) is 2.53. The second-order valence-electron chi connectivity index (χ2n) is 5.10. The fourth-order valence-corrected chi connectivity index (χ4v) is 2.57. The summed E-state index contributed by atoms with van der Waals surface area (Å²) in [6.45, 7) is 0. The Hall–Kier alpha value is -1.80. The molecule has 2 nitrogen and oxygen atoms in total. The van der Waals surface area contributed by atoms with Crippen molar-refractivity contribution in [2.24, 2.45) is 0 Å². The Kier molecular flexibility index (Phi) is 3.51. The summed E-state index contributed by atoms with van der Waals surface area (Å²) in [5.41, 5.74) is 2.41. The molecule has 0 aliphatic heterocycles. The number of ether oxygens (including phenoxy) is 1. The van der Waals surface area contributed by atoms with Gasteiger partial charge in [0.05, 0.1) is 6.10 Å². The van der Waals surface area contributed by atoms with Gasteiger partial charge in [0, 0.05) is 6.42 Å². The highest BCUT2D eigenvalue weighted by molar-refractivity contribution is 5.63. The van der Waals surface area contributed by atoms with E-state index in [0.29, 0.717) is 0 Å². The molecule has 2 aromatic rings. The van der Waals surface area contributed by atoms with Gasteiger partial charge in [0.1, 0.15) is 11.9 Å². The average molecular weight is 254 g/mol. The Balaban J connectivity index is 1.69. The van der Waals surface area contributed by atoms with Crippen molar-refractivity contribution in [3.63, 3.8) is 0 Å². The molecule has 1 aliphatic carbocycles. The van der Waals surface area contributed by atoms with E-state index < -0.39 is 0 Å². The Morgan fingerprint density at radius 3 is 2.16 bits per heavy atom. The van der Waals surface area contributed by atoms with Crippen molar-refractivity contribution in [3.05, 3.63) is 54.6 Å². The number of aliphatic hydroxyl groups excluding tert-OH is 1. The molecule has 98 valence electrons. The van der Waals surface area contributed by atoms with Gasteiger partial charge in [-0.15, -0.1) is 0 Å². The smallest absolute Gasteiger partial charge is 0.119 e. The molecule has 0 amide bonds. The predicted octanol–water partition coefficient (Wildman–Crippen LogP) is 3.65. The number of benzene rings is 2. The lowest BCUT2D eigenvalue weighted by molar-refractivity contribution is 0.150. The van der Waals surface area contributed by atoms with E-state index in [4.69, 9.17) is 4.74 Å². The van der Waals surface area contributed by atoms with Crippen molar-refractivity contribution in [1.82, 2.24) is 0 Å². The second kappa shape index (κ2) is 5.45. The molecule has 2 unspecified atom stereocenters. The first-order chi connectivity index (χ1) is 9.31. The summed E-state index contributed by atoms with van der Waals surface area (Å²) < 4.78 is 5.88. The standard InChI is InChI=1S/C17H18O2/c18-15-8-11-17(12-15)19-16-9-6-14(7-10-16)13-4-2-1-3-5-13/h1-7,9-10,15,17-18H,8,11-12H2. The molecule has 0 bridgehead atoms. The molecule has 2 aromatic carbocycles. The maximum atomic E-state index is 9.49. The van der Waals surface area contributed by atoms with Crippen LogP contribution >= 0.6 is 0 Å². The number of hydrogen-bond acceptors (Lipinski definition) is 2. The van der Waals surface area contributed by atoms with Gasteiger partial charge >= 0.3 is 0 Å². The lowest BCUT2D eigenvalue weighted by Gasteiger charge is -2.13. The van der Waals surface area contributed by atoms with E-state index in [2.05, 4.69) is 24.3 Å². The Morgan fingerprint density at radius 1 is 0.842 bits per heavy atom. The maximum absolute atomic E-state index is 9.49. The van der Waals surface area contributed by atoms with Crippen LogP contribution in [0.4, 0.5) is 0 Å². The SMILES string of the molecule is OC1CCC(Oc2ccc(-c3ccccc3)cc2)C1. The van der Waals surface area contributed by atoms with Gasteiger partial charge in [-0.1, -0.05) is 42.5 Å². The highest BCUT2D eigenvalue weighted by Gasteiger charge is 2.24. The van der Waals surface area contributed by atoms with Crippen LogP contribution in [0.5, 0.6) is 5.75 Å². The van der Waals surface area contributed by atoms with Crippen LogP contribution < -0.4 is 4.74 Å². The van der Waals surface area contributed by atoms with E-state index in [1.54, 1.807) is 0 Å². The zero-order valence-electron chi connectivity index (χ0n) is 10.8. The normalized spacial score (nSPS) is 22.4. The van der Waals surface area contributed by atoms with Crippen molar-refractivity contribution in [1.29, 1.82) is 0 Å². The summed E-state index contributed by atoms with van der Waals surface area (Å²) in [6, 6.07) is 18.5. The molecule has 1 saturated carbocycles. The third kappa shape index (κ3) is 2.96. The highest BCUT2D eigenvalue weighted by atomic mass is 16.5. The molecular weight excluding hydrogens is 236 g/mol. The van der Waals surface area contributed by atoms with Gasteiger partial charge in [-0.25, -0.2) is 0 Å². The molecule has 1 N–H and O–H groups in total. The van der Waals surface area contributed by atoms with Gasteiger partial charge < -0.3 is 9.84 Å². The first kappa shape index (κ1) is 12.2. The number of hydrogen-bond donors (Lipinski definition) is 1. The van der Waals surface area contributed by atoms with E-state index in [9.17, 15) is 5.11 Å². The van der Waals surface area contributed by atoms with Crippen LogP contribution in [0.1, 0.15) is 19.3 Å². The molecule has 2 heteroatoms. The van der Waals surface area contributed by atoms with Crippen LogP contribution in [-0.4, -0.2) is 17.3 Å². The van der Waals surface area contributed by atoms with Gasteiger partial charge in [0.25, 0.3) is 0 Å². The van der Waals surface area contributed by atoms with E-state index >= 15 is 0 Å². The third-order valence-corrected chi connectivity index (χ3v) is 3.62. The van der Waals surface area contributed by atoms with Crippen LogP contribution in [0.3, 0.4) is 0 Å². The van der Waals surface area contributed by atoms with Crippen LogP contribution in [0.25, 0.3) is 11.1 Å². The van der Waals surface area contributed by atoms with Gasteiger partial charge in [-0.05, 0) is 36.1 Å². The third-order valence-electron chi connectivity index (χ3n) is 3.62. The molecular formula is C17H18O2. The van der Waals surface area contributed by atoms with Crippen LogP contribution in [-0.2, 0) is 0 Å². The zero-order chi connectivity index (χ0) is 13.1.